The SMILES string of the molecule is CC/C=C(/C#N)OC(=O)C1(c2ccc(C#N)c(F)c2)CCCCC1. The molecule has 4 nitrogen and oxygen atoms in total. The maximum absolute atomic E-state index is 14.0. The summed E-state index contributed by atoms with van der Waals surface area (Å²) in [6.45, 7) is 1.84. The second kappa shape index (κ2) is 7.75. The van der Waals surface area contributed by atoms with Gasteiger partial charge in [0.05, 0.1) is 11.0 Å². The van der Waals surface area contributed by atoms with Crippen LogP contribution in [-0.2, 0) is 14.9 Å². The van der Waals surface area contributed by atoms with E-state index in [1.165, 1.54) is 12.1 Å². The molecule has 1 saturated carbocycles. The van der Waals surface area contributed by atoms with Crippen LogP contribution < -0.4 is 0 Å². The fourth-order valence-electron chi connectivity index (χ4n) is 3.16. The highest BCUT2D eigenvalue weighted by Gasteiger charge is 2.43. The molecule has 0 aromatic heterocycles. The molecule has 0 saturated heterocycles. The number of nitriles is 2. The molecule has 0 atom stereocenters. The summed E-state index contributed by atoms with van der Waals surface area (Å²) in [5.41, 5.74) is -0.504. The lowest BCUT2D eigenvalue weighted by Gasteiger charge is -2.35. The molecule has 2 rings (SSSR count). The van der Waals surface area contributed by atoms with E-state index in [1.807, 2.05) is 13.0 Å². The molecule has 0 radical (unpaired) electrons. The van der Waals surface area contributed by atoms with Crippen molar-refractivity contribution >= 4 is 5.97 Å². The van der Waals surface area contributed by atoms with E-state index in [2.05, 4.69) is 0 Å². The third-order valence-corrected chi connectivity index (χ3v) is 4.44. The van der Waals surface area contributed by atoms with Gasteiger partial charge in [0.25, 0.3) is 0 Å². The molecule has 0 spiro atoms. The molecule has 124 valence electrons. The Morgan fingerprint density at radius 3 is 2.58 bits per heavy atom. The maximum atomic E-state index is 14.0. The summed E-state index contributed by atoms with van der Waals surface area (Å²) in [6.07, 6.45) is 5.88. The van der Waals surface area contributed by atoms with Gasteiger partial charge in [-0.25, -0.2) is 4.39 Å². The first-order chi connectivity index (χ1) is 11.6. The summed E-state index contributed by atoms with van der Waals surface area (Å²) >= 11 is 0. The number of rotatable bonds is 4. The number of carbonyl (C=O) groups excluding carboxylic acids is 1. The first kappa shape index (κ1) is 17.7. The lowest BCUT2D eigenvalue weighted by Crippen LogP contribution is -2.39. The standard InChI is InChI=1S/C19H19FN2O2/c1-2-6-16(13-22)24-18(23)19(9-4-3-5-10-19)15-8-7-14(12-21)17(20)11-15/h6-8,11H,2-5,9-10H2,1H3/b16-6-. The van der Waals surface area contributed by atoms with E-state index in [0.29, 0.717) is 24.8 Å². The van der Waals surface area contributed by atoms with Crippen LogP contribution in [-0.4, -0.2) is 5.97 Å². The van der Waals surface area contributed by atoms with E-state index < -0.39 is 17.2 Å². The average Bonchev–Trinajstić information content (AvgIpc) is 2.61. The highest BCUT2D eigenvalue weighted by molar-refractivity contribution is 5.84. The summed E-state index contributed by atoms with van der Waals surface area (Å²) in [5.74, 6) is -1.19. The van der Waals surface area contributed by atoms with E-state index >= 15 is 0 Å². The molecule has 1 aromatic carbocycles. The molecule has 0 amide bonds. The van der Waals surface area contributed by atoms with Gasteiger partial charge in [-0.2, -0.15) is 10.5 Å². The van der Waals surface area contributed by atoms with Crippen molar-refractivity contribution < 1.29 is 13.9 Å². The number of allylic oxidation sites excluding steroid dienone is 2. The first-order valence-electron chi connectivity index (χ1n) is 8.10. The van der Waals surface area contributed by atoms with Crippen LogP contribution in [0.4, 0.5) is 4.39 Å². The number of hydrogen-bond donors (Lipinski definition) is 0. The van der Waals surface area contributed by atoms with Crippen molar-refractivity contribution in [1.82, 2.24) is 0 Å². The number of carbonyl (C=O) groups is 1. The predicted octanol–water partition coefficient (Wildman–Crippen LogP) is 4.26. The Hall–Kier alpha value is -2.66. The fourth-order valence-corrected chi connectivity index (χ4v) is 3.16. The minimum absolute atomic E-state index is 0.0263. The van der Waals surface area contributed by atoms with Gasteiger partial charge in [-0.15, -0.1) is 0 Å². The third kappa shape index (κ3) is 3.46. The van der Waals surface area contributed by atoms with E-state index in [0.717, 1.165) is 19.3 Å². The van der Waals surface area contributed by atoms with Crippen molar-refractivity contribution in [3.63, 3.8) is 0 Å². The first-order valence-corrected chi connectivity index (χ1v) is 8.10. The summed E-state index contributed by atoms with van der Waals surface area (Å²) < 4.78 is 19.4. The van der Waals surface area contributed by atoms with Gasteiger partial charge >= 0.3 is 5.97 Å². The molecule has 0 unspecified atom stereocenters. The minimum Gasteiger partial charge on any atom is -0.415 e. The zero-order valence-electron chi connectivity index (χ0n) is 13.6. The van der Waals surface area contributed by atoms with Crippen LogP contribution in [0, 0.1) is 28.5 Å². The maximum Gasteiger partial charge on any atom is 0.322 e. The normalized spacial score (nSPS) is 16.8. The van der Waals surface area contributed by atoms with Crippen molar-refractivity contribution in [2.45, 2.75) is 50.9 Å². The van der Waals surface area contributed by atoms with Crippen LogP contribution in [0.5, 0.6) is 0 Å². The van der Waals surface area contributed by atoms with Gasteiger partial charge in [0, 0.05) is 0 Å². The quantitative estimate of drug-likeness (QED) is 0.471. The summed E-state index contributed by atoms with van der Waals surface area (Å²) in [7, 11) is 0. The monoisotopic (exact) mass is 326 g/mol. The lowest BCUT2D eigenvalue weighted by molar-refractivity contribution is -0.147. The number of nitrogens with zero attached hydrogens (tertiary/aromatic N) is 2. The Bertz CT molecular complexity index is 735. The molecular formula is C19H19FN2O2. The number of hydrogen-bond acceptors (Lipinski definition) is 4. The highest BCUT2D eigenvalue weighted by atomic mass is 19.1. The second-order valence-electron chi connectivity index (χ2n) is 5.93. The zero-order chi connectivity index (χ0) is 17.6. The van der Waals surface area contributed by atoms with Gasteiger partial charge in [0.2, 0.25) is 5.76 Å². The molecule has 0 aliphatic heterocycles. The van der Waals surface area contributed by atoms with Crippen LogP contribution >= 0.6 is 0 Å². The lowest BCUT2D eigenvalue weighted by atomic mass is 9.69. The van der Waals surface area contributed by atoms with E-state index in [4.69, 9.17) is 15.3 Å². The molecular weight excluding hydrogens is 307 g/mol. The van der Waals surface area contributed by atoms with Crippen LogP contribution in [0.15, 0.2) is 30.0 Å². The Labute approximate surface area is 141 Å². The topological polar surface area (TPSA) is 73.9 Å². The minimum atomic E-state index is -0.962. The molecule has 1 aliphatic rings. The predicted molar refractivity (Wildman–Crippen MR) is 86.0 cm³/mol. The zero-order valence-corrected chi connectivity index (χ0v) is 13.6. The van der Waals surface area contributed by atoms with Crippen LogP contribution in [0.3, 0.4) is 0 Å². The summed E-state index contributed by atoms with van der Waals surface area (Å²) in [4.78, 5) is 12.8. The van der Waals surface area contributed by atoms with Gasteiger partial charge < -0.3 is 4.74 Å². The summed E-state index contributed by atoms with van der Waals surface area (Å²) in [5, 5.41) is 18.0. The number of halogens is 1. The van der Waals surface area contributed by atoms with Crippen molar-refractivity contribution in [3.05, 3.63) is 47.0 Å². The smallest absolute Gasteiger partial charge is 0.322 e. The van der Waals surface area contributed by atoms with Gasteiger partial charge in [-0.1, -0.05) is 32.3 Å². The van der Waals surface area contributed by atoms with Crippen molar-refractivity contribution in [2.24, 2.45) is 0 Å². The molecule has 5 heteroatoms. The van der Waals surface area contributed by atoms with Crippen molar-refractivity contribution in [3.8, 4) is 12.1 Å². The Balaban J connectivity index is 2.42. The number of esters is 1. The van der Waals surface area contributed by atoms with E-state index in [-0.39, 0.29) is 11.3 Å². The molecule has 24 heavy (non-hydrogen) atoms. The van der Waals surface area contributed by atoms with Gasteiger partial charge in [-0.05, 0) is 43.0 Å². The molecule has 1 aromatic rings. The Kier molecular flexibility index (Phi) is 5.71. The molecule has 0 heterocycles. The summed E-state index contributed by atoms with van der Waals surface area (Å²) in [6, 6.07) is 7.91. The van der Waals surface area contributed by atoms with Crippen molar-refractivity contribution in [2.75, 3.05) is 0 Å². The highest BCUT2D eigenvalue weighted by Crippen LogP contribution is 2.41. The number of ether oxygens (including phenoxy) is 1. The van der Waals surface area contributed by atoms with E-state index in [9.17, 15) is 9.18 Å². The van der Waals surface area contributed by atoms with Crippen LogP contribution in [0.25, 0.3) is 0 Å². The van der Waals surface area contributed by atoms with Gasteiger partial charge in [-0.3, -0.25) is 4.79 Å². The van der Waals surface area contributed by atoms with Crippen LogP contribution in [0.2, 0.25) is 0 Å². The Morgan fingerprint density at radius 1 is 1.33 bits per heavy atom. The second-order valence-corrected chi connectivity index (χ2v) is 5.93. The molecule has 0 N–H and O–H groups in total. The fraction of sp³-hybridized carbons (Fsp3) is 0.421. The number of benzene rings is 1. The molecule has 1 aliphatic carbocycles. The largest absolute Gasteiger partial charge is 0.415 e. The van der Waals surface area contributed by atoms with Crippen LogP contribution in [0.1, 0.15) is 56.6 Å². The Morgan fingerprint density at radius 2 is 2.04 bits per heavy atom. The molecule has 0 bridgehead atoms. The van der Waals surface area contributed by atoms with Gasteiger partial charge in [0.1, 0.15) is 18.0 Å². The third-order valence-electron chi connectivity index (χ3n) is 4.44. The average molecular weight is 326 g/mol. The molecule has 1 fully saturated rings. The van der Waals surface area contributed by atoms with E-state index in [1.54, 1.807) is 18.2 Å². The van der Waals surface area contributed by atoms with Gasteiger partial charge in [0.15, 0.2) is 0 Å². The van der Waals surface area contributed by atoms with Crippen molar-refractivity contribution in [1.29, 1.82) is 10.5 Å².